The van der Waals surface area contributed by atoms with Crippen LogP contribution in [0.25, 0.3) is 0 Å². The molecule has 3 heteroatoms. The van der Waals surface area contributed by atoms with Crippen molar-refractivity contribution in [2.75, 3.05) is 0 Å². The van der Waals surface area contributed by atoms with Gasteiger partial charge in [0.15, 0.2) is 0 Å². The predicted octanol–water partition coefficient (Wildman–Crippen LogP) is 1.97. The van der Waals surface area contributed by atoms with Crippen molar-refractivity contribution in [3.8, 4) is 0 Å². The number of aryl methyl sites for hydroxylation is 1. The molecule has 0 aliphatic heterocycles. The minimum atomic E-state index is 1.04. The molecule has 0 aromatic carbocycles. The Morgan fingerprint density at radius 1 is 1.50 bits per heavy atom. The van der Waals surface area contributed by atoms with Gasteiger partial charge in [-0.2, -0.15) is 0 Å². The molecule has 0 N–H and O–H groups in total. The monoisotopic (exact) mass is 201 g/mol. The lowest BCUT2D eigenvalue weighted by Gasteiger charge is -1.88. The van der Waals surface area contributed by atoms with Crippen molar-refractivity contribution >= 4 is 22.7 Å². The molecule has 1 aromatic rings. The van der Waals surface area contributed by atoms with Gasteiger partial charge in [0.25, 0.3) is 0 Å². The second-order valence-corrected chi connectivity index (χ2v) is 2.60. The van der Waals surface area contributed by atoms with Crippen molar-refractivity contribution < 1.29 is 4.79 Å². The van der Waals surface area contributed by atoms with Gasteiger partial charge in [-0.1, -0.05) is 0 Å². The largest absolute Gasteiger partial charge is 0.307 e. The summed E-state index contributed by atoms with van der Waals surface area (Å²) in [6.45, 7) is 4.01. The number of carbonyl (C=O) groups excluding carboxylic acids is 1. The fourth-order valence-corrected chi connectivity index (χ4v) is 0.997. The van der Waals surface area contributed by atoms with Crippen molar-refractivity contribution in [3.63, 3.8) is 0 Å². The van der Waals surface area contributed by atoms with Crippen molar-refractivity contribution in [3.05, 3.63) is 28.5 Å². The fraction of sp³-hybridized carbons (Fsp3) is 0.143. The van der Waals surface area contributed by atoms with Gasteiger partial charge in [-0.15, -0.1) is 0 Å². The van der Waals surface area contributed by atoms with Crippen LogP contribution < -0.4 is 0 Å². The molecule has 54 valence electrons. The zero-order chi connectivity index (χ0) is 7.98. The molecule has 0 aliphatic carbocycles. The molecule has 1 heterocycles. The Morgan fingerprint density at radius 2 is 2.10 bits per heavy atom. The first-order valence-corrected chi connectivity index (χ1v) is 3.44. The van der Waals surface area contributed by atoms with E-state index in [0.717, 1.165) is 4.47 Å². The molecule has 0 saturated carbocycles. The smallest absolute Gasteiger partial charge is 0.106 e. The lowest BCUT2D eigenvalue weighted by Crippen LogP contribution is -1.73. The van der Waals surface area contributed by atoms with Gasteiger partial charge in [0.1, 0.15) is 6.79 Å². The minimum Gasteiger partial charge on any atom is -0.307 e. The molecule has 0 saturated heterocycles. The van der Waals surface area contributed by atoms with E-state index in [-0.39, 0.29) is 0 Å². The molecule has 0 bridgehead atoms. The summed E-state index contributed by atoms with van der Waals surface area (Å²) >= 11 is 3.30. The Kier molecular flexibility index (Phi) is 4.76. The van der Waals surface area contributed by atoms with Gasteiger partial charge in [0.2, 0.25) is 0 Å². The second kappa shape index (κ2) is 5.11. The van der Waals surface area contributed by atoms with Gasteiger partial charge in [0, 0.05) is 16.9 Å². The minimum absolute atomic E-state index is 1.04. The van der Waals surface area contributed by atoms with Crippen molar-refractivity contribution in [1.82, 2.24) is 4.98 Å². The molecule has 0 atom stereocenters. The van der Waals surface area contributed by atoms with Crippen LogP contribution in [0.2, 0.25) is 0 Å². The first-order chi connectivity index (χ1) is 4.79. The summed E-state index contributed by atoms with van der Waals surface area (Å²) < 4.78 is 1.04. The topological polar surface area (TPSA) is 30.0 Å². The summed E-state index contributed by atoms with van der Waals surface area (Å²) in [5, 5.41) is 0. The first-order valence-electron chi connectivity index (χ1n) is 2.65. The molecule has 2 nitrogen and oxygen atoms in total. The van der Waals surface area contributed by atoms with Crippen LogP contribution in [0.3, 0.4) is 0 Å². The Balaban J connectivity index is 0.000000371. The lowest BCUT2D eigenvalue weighted by molar-refractivity contribution is -0.0979. The molecule has 0 radical (unpaired) electrons. The number of nitrogens with zero attached hydrogens (tertiary/aromatic N) is 1. The summed E-state index contributed by atoms with van der Waals surface area (Å²) in [6.07, 6.45) is 3.60. The molecule has 1 rings (SSSR count). The van der Waals surface area contributed by atoms with Crippen LogP contribution in [0.15, 0.2) is 22.9 Å². The Hall–Kier alpha value is -0.700. The summed E-state index contributed by atoms with van der Waals surface area (Å²) in [5.74, 6) is 0. The summed E-state index contributed by atoms with van der Waals surface area (Å²) in [7, 11) is 0. The Morgan fingerprint density at radius 3 is 2.40 bits per heavy atom. The molecule has 1 aromatic heterocycles. The van der Waals surface area contributed by atoms with E-state index < -0.39 is 0 Å². The van der Waals surface area contributed by atoms with Gasteiger partial charge in [-0.05, 0) is 34.5 Å². The normalized spacial score (nSPS) is 7.80. The third-order valence-corrected chi connectivity index (χ3v) is 1.28. The number of rotatable bonds is 0. The highest BCUT2D eigenvalue weighted by Gasteiger charge is 1.83. The predicted molar refractivity (Wildman–Crippen MR) is 43.8 cm³/mol. The Labute approximate surface area is 68.4 Å². The molecule has 0 spiro atoms. The lowest BCUT2D eigenvalue weighted by atomic mass is 10.3. The molecule has 0 aliphatic rings. The van der Waals surface area contributed by atoms with E-state index in [4.69, 9.17) is 4.79 Å². The maximum atomic E-state index is 8.00. The maximum absolute atomic E-state index is 8.00. The SMILES string of the molecule is C=O.Cc1cncc(Br)c1. The van der Waals surface area contributed by atoms with E-state index in [1.165, 1.54) is 5.56 Å². The standard InChI is InChI=1S/C6H6BrN.CH2O/c1-5-2-6(7)4-8-3-5;1-2/h2-4H,1H3;1H2. The summed E-state index contributed by atoms with van der Waals surface area (Å²) in [4.78, 5) is 11.9. The molecule has 0 fully saturated rings. The van der Waals surface area contributed by atoms with Crippen LogP contribution in [0.4, 0.5) is 0 Å². The van der Waals surface area contributed by atoms with Crippen LogP contribution >= 0.6 is 15.9 Å². The van der Waals surface area contributed by atoms with E-state index in [9.17, 15) is 0 Å². The van der Waals surface area contributed by atoms with E-state index in [1.807, 2.05) is 26.0 Å². The number of hydrogen-bond donors (Lipinski definition) is 0. The number of aromatic nitrogens is 1. The van der Waals surface area contributed by atoms with E-state index in [0.29, 0.717) is 0 Å². The van der Waals surface area contributed by atoms with Crippen LogP contribution in [0, 0.1) is 6.92 Å². The Bertz CT molecular complexity index is 185. The zero-order valence-electron chi connectivity index (χ0n) is 5.67. The maximum Gasteiger partial charge on any atom is 0.106 e. The van der Waals surface area contributed by atoms with E-state index >= 15 is 0 Å². The van der Waals surface area contributed by atoms with Crippen LogP contribution in [-0.2, 0) is 4.79 Å². The molecule has 0 unspecified atom stereocenters. The van der Waals surface area contributed by atoms with Gasteiger partial charge < -0.3 is 4.79 Å². The molecule has 10 heavy (non-hydrogen) atoms. The van der Waals surface area contributed by atoms with Crippen molar-refractivity contribution in [2.24, 2.45) is 0 Å². The van der Waals surface area contributed by atoms with E-state index in [2.05, 4.69) is 20.9 Å². The number of halogens is 1. The fourth-order valence-electron chi connectivity index (χ4n) is 0.518. The second-order valence-electron chi connectivity index (χ2n) is 1.68. The third kappa shape index (κ3) is 3.35. The van der Waals surface area contributed by atoms with Gasteiger partial charge in [0.05, 0.1) is 0 Å². The number of carbonyl (C=O) groups is 1. The average molecular weight is 202 g/mol. The van der Waals surface area contributed by atoms with Gasteiger partial charge in [-0.25, -0.2) is 0 Å². The number of hydrogen-bond acceptors (Lipinski definition) is 2. The average Bonchev–Trinajstić information content (AvgIpc) is 1.91. The molecule has 0 amide bonds. The van der Waals surface area contributed by atoms with Gasteiger partial charge in [-0.3, -0.25) is 4.98 Å². The number of pyridine rings is 1. The summed E-state index contributed by atoms with van der Waals surface area (Å²) in [5.41, 5.74) is 1.18. The summed E-state index contributed by atoms with van der Waals surface area (Å²) in [6, 6.07) is 2.02. The van der Waals surface area contributed by atoms with Gasteiger partial charge >= 0.3 is 0 Å². The first kappa shape index (κ1) is 9.30. The van der Waals surface area contributed by atoms with Crippen molar-refractivity contribution in [2.45, 2.75) is 6.92 Å². The van der Waals surface area contributed by atoms with Crippen LogP contribution in [-0.4, -0.2) is 11.8 Å². The highest BCUT2D eigenvalue weighted by molar-refractivity contribution is 9.10. The third-order valence-electron chi connectivity index (χ3n) is 0.842. The quantitative estimate of drug-likeness (QED) is 0.643. The zero-order valence-corrected chi connectivity index (χ0v) is 7.26. The van der Waals surface area contributed by atoms with E-state index in [1.54, 1.807) is 6.20 Å². The van der Waals surface area contributed by atoms with Crippen LogP contribution in [0.5, 0.6) is 0 Å². The highest BCUT2D eigenvalue weighted by Crippen LogP contribution is 2.07. The molecular formula is C7H8BrNO. The van der Waals surface area contributed by atoms with Crippen molar-refractivity contribution in [1.29, 1.82) is 0 Å². The molecular weight excluding hydrogens is 194 g/mol. The van der Waals surface area contributed by atoms with Crippen LogP contribution in [0.1, 0.15) is 5.56 Å². The highest BCUT2D eigenvalue weighted by atomic mass is 79.9.